The number of amides is 1. The van der Waals surface area contributed by atoms with Gasteiger partial charge in [-0.3, -0.25) is 9.59 Å². The van der Waals surface area contributed by atoms with Crippen LogP contribution >= 0.6 is 0 Å². The largest absolute Gasteiger partial charge is 0.481 e. The fraction of sp³-hybridized carbons (Fsp3) is 0.846. The normalized spacial score (nSPS) is 28.3. The lowest BCUT2D eigenvalue weighted by atomic mass is 10.0. The molecule has 1 amide bonds. The van der Waals surface area contributed by atoms with Crippen LogP contribution in [0, 0.1) is 5.92 Å². The molecule has 2 rings (SSSR count). The third kappa shape index (κ3) is 3.45. The standard InChI is InChI=1S/C13H21NO4/c15-12(5-4-11-3-1-2-8-18-11)14-7-6-10(9-14)13(16)17/h10-11H,1-9H2,(H,16,17). The highest BCUT2D eigenvalue weighted by Gasteiger charge is 2.30. The maximum Gasteiger partial charge on any atom is 0.308 e. The van der Waals surface area contributed by atoms with Crippen LogP contribution in [0.4, 0.5) is 0 Å². The first-order chi connectivity index (χ1) is 8.66. The summed E-state index contributed by atoms with van der Waals surface area (Å²) in [6.45, 7) is 1.77. The summed E-state index contributed by atoms with van der Waals surface area (Å²) >= 11 is 0. The van der Waals surface area contributed by atoms with Crippen LogP contribution in [0.25, 0.3) is 0 Å². The van der Waals surface area contributed by atoms with Crippen LogP contribution in [0.15, 0.2) is 0 Å². The van der Waals surface area contributed by atoms with E-state index in [9.17, 15) is 9.59 Å². The molecule has 2 heterocycles. The number of carbonyl (C=O) groups is 2. The van der Waals surface area contributed by atoms with Gasteiger partial charge in [0.25, 0.3) is 0 Å². The molecule has 102 valence electrons. The van der Waals surface area contributed by atoms with Gasteiger partial charge in [0.15, 0.2) is 0 Å². The number of carboxylic acids is 1. The van der Waals surface area contributed by atoms with Crippen LogP contribution in [0.3, 0.4) is 0 Å². The molecule has 2 aliphatic rings. The topological polar surface area (TPSA) is 66.8 Å². The third-order valence-corrected chi connectivity index (χ3v) is 3.84. The molecular formula is C13H21NO4. The maximum atomic E-state index is 11.9. The fourth-order valence-electron chi connectivity index (χ4n) is 2.67. The molecule has 2 fully saturated rings. The number of aliphatic carboxylic acids is 1. The second-order valence-corrected chi connectivity index (χ2v) is 5.19. The van der Waals surface area contributed by atoms with E-state index in [1.165, 1.54) is 6.42 Å². The molecule has 5 nitrogen and oxygen atoms in total. The van der Waals surface area contributed by atoms with Gasteiger partial charge in [-0.05, 0) is 32.1 Å². The van der Waals surface area contributed by atoms with Crippen molar-refractivity contribution in [3.63, 3.8) is 0 Å². The first kappa shape index (κ1) is 13.3. The van der Waals surface area contributed by atoms with Gasteiger partial charge >= 0.3 is 5.97 Å². The Morgan fingerprint density at radius 1 is 1.28 bits per heavy atom. The maximum absolute atomic E-state index is 11.9. The van der Waals surface area contributed by atoms with Crippen molar-refractivity contribution in [1.82, 2.24) is 4.90 Å². The number of hydrogen-bond acceptors (Lipinski definition) is 3. The monoisotopic (exact) mass is 255 g/mol. The van der Waals surface area contributed by atoms with Crippen LogP contribution < -0.4 is 0 Å². The molecule has 0 saturated carbocycles. The Kier molecular flexibility index (Phi) is 4.58. The van der Waals surface area contributed by atoms with Gasteiger partial charge in [-0.25, -0.2) is 0 Å². The summed E-state index contributed by atoms with van der Waals surface area (Å²) in [6, 6.07) is 0. The summed E-state index contributed by atoms with van der Waals surface area (Å²) in [5, 5.41) is 8.89. The highest BCUT2D eigenvalue weighted by atomic mass is 16.5. The number of ether oxygens (including phenoxy) is 1. The van der Waals surface area contributed by atoms with E-state index < -0.39 is 5.97 Å². The molecule has 0 aromatic rings. The van der Waals surface area contributed by atoms with Gasteiger partial charge in [0.2, 0.25) is 5.91 Å². The molecule has 0 radical (unpaired) electrons. The Bertz CT molecular complexity index is 312. The molecule has 0 aliphatic carbocycles. The van der Waals surface area contributed by atoms with Crippen molar-refractivity contribution >= 4 is 11.9 Å². The Hall–Kier alpha value is -1.10. The van der Waals surface area contributed by atoms with E-state index in [0.29, 0.717) is 25.9 Å². The number of rotatable bonds is 4. The zero-order chi connectivity index (χ0) is 13.0. The molecule has 0 spiro atoms. The predicted octanol–water partition coefficient (Wildman–Crippen LogP) is 1.27. The van der Waals surface area contributed by atoms with E-state index in [2.05, 4.69) is 0 Å². The molecule has 18 heavy (non-hydrogen) atoms. The predicted molar refractivity (Wildman–Crippen MR) is 65.1 cm³/mol. The summed E-state index contributed by atoms with van der Waals surface area (Å²) < 4.78 is 5.59. The molecule has 2 saturated heterocycles. The summed E-state index contributed by atoms with van der Waals surface area (Å²) in [7, 11) is 0. The quantitative estimate of drug-likeness (QED) is 0.821. The molecule has 0 bridgehead atoms. The summed E-state index contributed by atoms with van der Waals surface area (Å²) in [5.74, 6) is -1.09. The number of carboxylic acid groups (broad SMARTS) is 1. The van der Waals surface area contributed by atoms with Gasteiger partial charge in [-0.1, -0.05) is 0 Å². The highest BCUT2D eigenvalue weighted by Crippen LogP contribution is 2.20. The van der Waals surface area contributed by atoms with Crippen molar-refractivity contribution in [1.29, 1.82) is 0 Å². The second kappa shape index (κ2) is 6.18. The number of hydrogen-bond donors (Lipinski definition) is 1. The van der Waals surface area contributed by atoms with E-state index in [4.69, 9.17) is 9.84 Å². The van der Waals surface area contributed by atoms with Crippen LogP contribution in [0.2, 0.25) is 0 Å². The number of likely N-dealkylation sites (tertiary alicyclic amines) is 1. The van der Waals surface area contributed by atoms with E-state index in [1.54, 1.807) is 4.90 Å². The molecule has 1 N–H and O–H groups in total. The van der Waals surface area contributed by atoms with Gasteiger partial charge in [-0.2, -0.15) is 0 Å². The smallest absolute Gasteiger partial charge is 0.308 e. The minimum absolute atomic E-state index is 0.0768. The molecular weight excluding hydrogens is 234 g/mol. The van der Waals surface area contributed by atoms with Crippen molar-refractivity contribution in [2.45, 2.75) is 44.6 Å². The molecule has 2 unspecified atom stereocenters. The first-order valence-electron chi connectivity index (χ1n) is 6.79. The van der Waals surface area contributed by atoms with Gasteiger partial charge in [-0.15, -0.1) is 0 Å². The lowest BCUT2D eigenvalue weighted by Crippen LogP contribution is -2.31. The van der Waals surface area contributed by atoms with Crippen molar-refractivity contribution in [2.75, 3.05) is 19.7 Å². The highest BCUT2D eigenvalue weighted by molar-refractivity contribution is 5.78. The van der Waals surface area contributed by atoms with Gasteiger partial charge < -0.3 is 14.7 Å². The van der Waals surface area contributed by atoms with E-state index in [0.717, 1.165) is 25.9 Å². The Balaban J connectivity index is 1.70. The zero-order valence-electron chi connectivity index (χ0n) is 10.6. The minimum Gasteiger partial charge on any atom is -0.481 e. The number of nitrogens with zero attached hydrogens (tertiary/aromatic N) is 1. The fourth-order valence-corrected chi connectivity index (χ4v) is 2.67. The minimum atomic E-state index is -0.791. The van der Waals surface area contributed by atoms with Gasteiger partial charge in [0.05, 0.1) is 12.0 Å². The van der Waals surface area contributed by atoms with E-state index in [1.807, 2.05) is 0 Å². The van der Waals surface area contributed by atoms with Crippen molar-refractivity contribution in [2.24, 2.45) is 5.92 Å². The van der Waals surface area contributed by atoms with Gasteiger partial charge in [0, 0.05) is 26.1 Å². The molecule has 2 aliphatic heterocycles. The Labute approximate surface area is 107 Å². The van der Waals surface area contributed by atoms with E-state index >= 15 is 0 Å². The van der Waals surface area contributed by atoms with Crippen LogP contribution in [-0.2, 0) is 14.3 Å². The van der Waals surface area contributed by atoms with Crippen LogP contribution in [0.5, 0.6) is 0 Å². The SMILES string of the molecule is O=C(O)C1CCN(C(=O)CCC2CCCCO2)C1. The summed E-state index contributed by atoms with van der Waals surface area (Å²) in [6.07, 6.45) is 5.41. The molecule has 0 aromatic carbocycles. The Morgan fingerprint density at radius 2 is 2.11 bits per heavy atom. The lowest BCUT2D eigenvalue weighted by molar-refractivity contribution is -0.141. The average molecular weight is 255 g/mol. The molecule has 2 atom stereocenters. The lowest BCUT2D eigenvalue weighted by Gasteiger charge is -2.23. The molecule has 5 heteroatoms. The third-order valence-electron chi connectivity index (χ3n) is 3.84. The van der Waals surface area contributed by atoms with Crippen molar-refractivity contribution in [3.05, 3.63) is 0 Å². The van der Waals surface area contributed by atoms with Crippen molar-refractivity contribution < 1.29 is 19.4 Å². The molecule has 0 aromatic heterocycles. The average Bonchev–Trinajstić information content (AvgIpc) is 2.87. The van der Waals surface area contributed by atoms with E-state index in [-0.39, 0.29) is 17.9 Å². The zero-order valence-corrected chi connectivity index (χ0v) is 10.6. The Morgan fingerprint density at radius 3 is 2.72 bits per heavy atom. The summed E-state index contributed by atoms with van der Waals surface area (Å²) in [4.78, 5) is 24.4. The number of carbonyl (C=O) groups excluding carboxylic acids is 1. The van der Waals surface area contributed by atoms with Crippen LogP contribution in [-0.4, -0.2) is 47.7 Å². The van der Waals surface area contributed by atoms with Gasteiger partial charge in [0.1, 0.15) is 0 Å². The first-order valence-corrected chi connectivity index (χ1v) is 6.79. The second-order valence-electron chi connectivity index (χ2n) is 5.19. The van der Waals surface area contributed by atoms with Crippen molar-refractivity contribution in [3.8, 4) is 0 Å². The van der Waals surface area contributed by atoms with Crippen LogP contribution in [0.1, 0.15) is 38.5 Å². The summed E-state index contributed by atoms with van der Waals surface area (Å²) in [5.41, 5.74) is 0.